The predicted molar refractivity (Wildman–Crippen MR) is 67.2 cm³/mol. The van der Waals surface area contributed by atoms with E-state index in [1.807, 2.05) is 25.1 Å². The summed E-state index contributed by atoms with van der Waals surface area (Å²) in [6.45, 7) is 5.76. The number of hydrogen-bond donors (Lipinski definition) is 1. The van der Waals surface area contributed by atoms with Crippen LogP contribution in [0.15, 0.2) is 34.3 Å². The Kier molecular flexibility index (Phi) is 4.64. The topological polar surface area (TPSA) is 35.2 Å². The quantitative estimate of drug-likeness (QED) is 0.919. The Morgan fingerprint density at radius 1 is 1.67 bits per heavy atom. The fraction of sp³-hybridized carbons (Fsp3) is 0.273. The lowest BCUT2D eigenvalue weighted by molar-refractivity contribution is 0.353. The van der Waals surface area contributed by atoms with Crippen molar-refractivity contribution in [1.82, 2.24) is 0 Å². The number of hydrogen-bond acceptors (Lipinski definition) is 2. The molecule has 1 aromatic carbocycles. The molecule has 0 aliphatic rings. The summed E-state index contributed by atoms with van der Waals surface area (Å²) in [5.74, 6) is 0.737. The van der Waals surface area contributed by atoms with Gasteiger partial charge in [-0.1, -0.05) is 40.2 Å². The third-order valence-corrected chi connectivity index (χ3v) is 2.45. The lowest BCUT2D eigenvalue weighted by Crippen LogP contribution is -2.08. The Morgan fingerprint density at radius 2 is 2.33 bits per heavy atom. The molecule has 4 heteroatoms. The molecule has 0 amide bonds. The highest BCUT2D eigenvalue weighted by molar-refractivity contribution is 9.10. The highest BCUT2D eigenvalue weighted by Gasteiger charge is 2.08. The van der Waals surface area contributed by atoms with Crippen LogP contribution in [0.4, 0.5) is 0 Å². The monoisotopic (exact) mass is 289 g/mol. The minimum Gasteiger partial charge on any atom is -0.488 e. The van der Waals surface area contributed by atoms with Crippen LogP contribution in [0.3, 0.4) is 0 Å². The summed E-state index contributed by atoms with van der Waals surface area (Å²) >= 11 is 9.01. The van der Waals surface area contributed by atoms with Gasteiger partial charge < -0.3 is 10.5 Å². The molecule has 2 nitrogen and oxygen atoms in total. The molecule has 0 aliphatic heterocycles. The summed E-state index contributed by atoms with van der Waals surface area (Å²) in [6, 6.07) is 5.66. The second-order valence-corrected chi connectivity index (χ2v) is 4.73. The summed E-state index contributed by atoms with van der Waals surface area (Å²) in [6.07, 6.45) is 0. The van der Waals surface area contributed by atoms with Crippen LogP contribution in [-0.4, -0.2) is 6.61 Å². The molecule has 15 heavy (non-hydrogen) atoms. The maximum atomic E-state index is 5.82. The van der Waals surface area contributed by atoms with Gasteiger partial charge in [0.25, 0.3) is 0 Å². The predicted octanol–water partition coefficient (Wildman–Crippen LogP) is 3.60. The van der Waals surface area contributed by atoms with Crippen molar-refractivity contribution in [3.63, 3.8) is 0 Å². The van der Waals surface area contributed by atoms with Gasteiger partial charge in [-0.15, -0.1) is 0 Å². The Hall–Kier alpha value is -0.510. The SMILES string of the molecule is C=C(Cl)COc1cc(Br)ccc1[C@H](C)N. The highest BCUT2D eigenvalue weighted by atomic mass is 79.9. The Morgan fingerprint density at radius 3 is 2.87 bits per heavy atom. The molecular formula is C11H13BrClNO. The minimum absolute atomic E-state index is 0.0725. The van der Waals surface area contributed by atoms with Gasteiger partial charge in [0, 0.05) is 21.1 Å². The van der Waals surface area contributed by atoms with Gasteiger partial charge in [0.15, 0.2) is 0 Å². The molecule has 0 saturated heterocycles. The standard InChI is InChI=1S/C11H13BrClNO/c1-7(13)6-15-11-5-9(12)3-4-10(11)8(2)14/h3-5,8H,1,6,14H2,2H3/t8-/m0/s1. The van der Waals surface area contributed by atoms with E-state index in [1.165, 1.54) is 0 Å². The van der Waals surface area contributed by atoms with Gasteiger partial charge in [-0.3, -0.25) is 0 Å². The van der Waals surface area contributed by atoms with Gasteiger partial charge in [0.1, 0.15) is 12.4 Å². The van der Waals surface area contributed by atoms with E-state index >= 15 is 0 Å². The zero-order valence-electron chi connectivity index (χ0n) is 8.47. The molecule has 1 atom stereocenters. The van der Waals surface area contributed by atoms with Crippen molar-refractivity contribution in [2.45, 2.75) is 13.0 Å². The summed E-state index contributed by atoms with van der Waals surface area (Å²) in [4.78, 5) is 0. The van der Waals surface area contributed by atoms with Crippen molar-refractivity contribution in [3.8, 4) is 5.75 Å². The lowest BCUT2D eigenvalue weighted by Gasteiger charge is -2.13. The van der Waals surface area contributed by atoms with E-state index in [0.717, 1.165) is 15.8 Å². The molecule has 2 N–H and O–H groups in total. The van der Waals surface area contributed by atoms with E-state index in [2.05, 4.69) is 22.5 Å². The fourth-order valence-electron chi connectivity index (χ4n) is 1.17. The molecule has 0 heterocycles. The van der Waals surface area contributed by atoms with Crippen LogP contribution in [0, 0.1) is 0 Å². The first-order valence-electron chi connectivity index (χ1n) is 4.52. The van der Waals surface area contributed by atoms with Crippen molar-refractivity contribution in [2.24, 2.45) is 5.73 Å². The van der Waals surface area contributed by atoms with E-state index < -0.39 is 0 Å². The molecule has 0 aromatic heterocycles. The third kappa shape index (κ3) is 3.86. The third-order valence-electron chi connectivity index (χ3n) is 1.85. The molecule has 0 saturated carbocycles. The molecule has 0 spiro atoms. The van der Waals surface area contributed by atoms with Crippen LogP contribution in [0.2, 0.25) is 0 Å². The molecule has 0 radical (unpaired) electrons. The molecule has 0 fully saturated rings. The number of benzene rings is 1. The number of nitrogens with two attached hydrogens (primary N) is 1. The summed E-state index contributed by atoms with van der Waals surface area (Å²) in [7, 11) is 0. The average Bonchev–Trinajstić information content (AvgIpc) is 2.14. The van der Waals surface area contributed by atoms with E-state index in [4.69, 9.17) is 22.1 Å². The largest absolute Gasteiger partial charge is 0.488 e. The maximum absolute atomic E-state index is 5.82. The van der Waals surface area contributed by atoms with Gasteiger partial charge in [-0.25, -0.2) is 0 Å². The van der Waals surface area contributed by atoms with Crippen LogP contribution in [0.1, 0.15) is 18.5 Å². The summed E-state index contributed by atoms with van der Waals surface area (Å²) in [5.41, 5.74) is 6.77. The van der Waals surface area contributed by atoms with Crippen LogP contribution < -0.4 is 10.5 Å². The van der Waals surface area contributed by atoms with Crippen molar-refractivity contribution < 1.29 is 4.74 Å². The fourth-order valence-corrected chi connectivity index (χ4v) is 1.56. The van der Waals surface area contributed by atoms with Gasteiger partial charge in [0.2, 0.25) is 0 Å². The van der Waals surface area contributed by atoms with E-state index in [9.17, 15) is 0 Å². The first-order valence-corrected chi connectivity index (χ1v) is 5.69. The normalized spacial score (nSPS) is 12.3. The highest BCUT2D eigenvalue weighted by Crippen LogP contribution is 2.28. The average molecular weight is 291 g/mol. The molecule has 0 bridgehead atoms. The molecular weight excluding hydrogens is 277 g/mol. The first kappa shape index (κ1) is 12.6. The van der Waals surface area contributed by atoms with Crippen molar-refractivity contribution in [2.75, 3.05) is 6.61 Å². The zero-order valence-corrected chi connectivity index (χ0v) is 10.8. The van der Waals surface area contributed by atoms with Crippen molar-refractivity contribution in [1.29, 1.82) is 0 Å². The van der Waals surface area contributed by atoms with Crippen LogP contribution in [0.5, 0.6) is 5.75 Å². The number of rotatable bonds is 4. The minimum atomic E-state index is -0.0725. The number of ether oxygens (including phenoxy) is 1. The van der Waals surface area contributed by atoms with Crippen LogP contribution in [-0.2, 0) is 0 Å². The summed E-state index contributed by atoms with van der Waals surface area (Å²) < 4.78 is 6.45. The van der Waals surface area contributed by atoms with E-state index in [1.54, 1.807) is 0 Å². The first-order chi connectivity index (χ1) is 7.00. The van der Waals surface area contributed by atoms with Gasteiger partial charge in [-0.2, -0.15) is 0 Å². The second kappa shape index (κ2) is 5.54. The molecule has 82 valence electrons. The van der Waals surface area contributed by atoms with Crippen LogP contribution in [0.25, 0.3) is 0 Å². The number of halogens is 2. The second-order valence-electron chi connectivity index (χ2n) is 3.28. The van der Waals surface area contributed by atoms with Gasteiger partial charge in [0.05, 0.1) is 0 Å². The lowest BCUT2D eigenvalue weighted by atomic mass is 10.1. The summed E-state index contributed by atoms with van der Waals surface area (Å²) in [5, 5.41) is 0.464. The van der Waals surface area contributed by atoms with Crippen molar-refractivity contribution in [3.05, 3.63) is 39.8 Å². The van der Waals surface area contributed by atoms with E-state index in [0.29, 0.717) is 5.03 Å². The van der Waals surface area contributed by atoms with Crippen molar-refractivity contribution >= 4 is 27.5 Å². The zero-order chi connectivity index (χ0) is 11.4. The smallest absolute Gasteiger partial charge is 0.125 e. The molecule has 1 aromatic rings. The molecule has 1 rings (SSSR count). The molecule has 0 unspecified atom stereocenters. The molecule has 0 aliphatic carbocycles. The Labute approximate surface area is 103 Å². The van der Waals surface area contributed by atoms with Gasteiger partial charge >= 0.3 is 0 Å². The van der Waals surface area contributed by atoms with Crippen LogP contribution >= 0.6 is 27.5 Å². The van der Waals surface area contributed by atoms with Gasteiger partial charge in [-0.05, 0) is 19.1 Å². The van der Waals surface area contributed by atoms with E-state index in [-0.39, 0.29) is 12.6 Å². The maximum Gasteiger partial charge on any atom is 0.125 e. The Bertz CT molecular complexity index is 366. The Balaban J connectivity index is 2.91.